The third kappa shape index (κ3) is 2.44. The fraction of sp³-hybridized carbons (Fsp3) is 0.167. The molecule has 19 heavy (non-hydrogen) atoms. The fourth-order valence-corrected chi connectivity index (χ4v) is 1.63. The van der Waals surface area contributed by atoms with Gasteiger partial charge in [-0.2, -0.15) is 5.10 Å². The number of rotatable bonds is 2. The molecule has 0 atom stereocenters. The van der Waals surface area contributed by atoms with Crippen LogP contribution in [0.2, 0.25) is 0 Å². The van der Waals surface area contributed by atoms with Gasteiger partial charge in [-0.25, -0.2) is 13.2 Å². The van der Waals surface area contributed by atoms with Crippen molar-refractivity contribution < 1.29 is 18.0 Å². The molecule has 0 aliphatic heterocycles. The zero-order chi connectivity index (χ0) is 14.2. The number of hydrogen-bond acceptors (Lipinski definition) is 2. The van der Waals surface area contributed by atoms with Gasteiger partial charge in [-0.15, -0.1) is 0 Å². The number of benzene rings is 1. The first-order valence-electron chi connectivity index (χ1n) is 5.35. The van der Waals surface area contributed by atoms with Crippen LogP contribution in [0.1, 0.15) is 16.2 Å². The molecule has 7 heteroatoms. The second-order valence-corrected chi connectivity index (χ2v) is 3.97. The molecule has 100 valence electrons. The summed E-state index contributed by atoms with van der Waals surface area (Å²) in [4.78, 5) is 11.8. The van der Waals surface area contributed by atoms with Crippen LogP contribution in [0.3, 0.4) is 0 Å². The van der Waals surface area contributed by atoms with Crippen molar-refractivity contribution in [1.29, 1.82) is 0 Å². The standard InChI is InChI=1S/C12H10F3N3O/c1-6-5-9(18(2)17-6)12(19)16-8-4-3-7(13)10(14)11(8)15/h3-5H,1-2H3,(H,16,19). The van der Waals surface area contributed by atoms with Crippen molar-refractivity contribution >= 4 is 11.6 Å². The Morgan fingerprint density at radius 1 is 1.26 bits per heavy atom. The molecule has 2 rings (SSSR count). The third-order valence-electron chi connectivity index (χ3n) is 2.52. The third-order valence-corrected chi connectivity index (χ3v) is 2.52. The molecule has 0 bridgehead atoms. The first kappa shape index (κ1) is 13.1. The highest BCUT2D eigenvalue weighted by Crippen LogP contribution is 2.20. The van der Waals surface area contributed by atoms with E-state index < -0.39 is 29.0 Å². The van der Waals surface area contributed by atoms with E-state index >= 15 is 0 Å². The van der Waals surface area contributed by atoms with Gasteiger partial charge in [0, 0.05) is 7.05 Å². The summed E-state index contributed by atoms with van der Waals surface area (Å²) in [6.07, 6.45) is 0. The number of carbonyl (C=O) groups is 1. The number of nitrogens with zero attached hydrogens (tertiary/aromatic N) is 2. The Labute approximate surface area is 106 Å². The molecule has 0 saturated heterocycles. The zero-order valence-electron chi connectivity index (χ0n) is 10.2. The van der Waals surface area contributed by atoms with Crippen LogP contribution in [0.5, 0.6) is 0 Å². The molecule has 1 aromatic carbocycles. The van der Waals surface area contributed by atoms with Crippen LogP contribution in [-0.4, -0.2) is 15.7 Å². The number of amides is 1. The van der Waals surface area contributed by atoms with E-state index in [0.717, 1.165) is 12.1 Å². The number of anilines is 1. The molecule has 0 fully saturated rings. The Balaban J connectivity index is 2.29. The monoisotopic (exact) mass is 269 g/mol. The largest absolute Gasteiger partial charge is 0.318 e. The minimum absolute atomic E-state index is 0.182. The summed E-state index contributed by atoms with van der Waals surface area (Å²) in [5.41, 5.74) is 0.364. The Bertz CT molecular complexity index is 652. The van der Waals surface area contributed by atoms with E-state index in [-0.39, 0.29) is 5.69 Å². The predicted molar refractivity (Wildman–Crippen MR) is 62.2 cm³/mol. The summed E-state index contributed by atoms with van der Waals surface area (Å²) in [5, 5.41) is 6.12. The first-order chi connectivity index (χ1) is 8.90. The maximum atomic E-state index is 13.4. The number of aromatic nitrogens is 2. The van der Waals surface area contributed by atoms with Crippen LogP contribution >= 0.6 is 0 Å². The number of nitrogens with one attached hydrogen (secondary N) is 1. The Kier molecular flexibility index (Phi) is 3.28. The zero-order valence-corrected chi connectivity index (χ0v) is 10.2. The molecular formula is C12H10F3N3O. The molecule has 1 aromatic heterocycles. The lowest BCUT2D eigenvalue weighted by molar-refractivity contribution is 0.101. The fourth-order valence-electron chi connectivity index (χ4n) is 1.63. The summed E-state index contributed by atoms with van der Waals surface area (Å²) in [7, 11) is 1.55. The van der Waals surface area contributed by atoms with Gasteiger partial charge in [-0.1, -0.05) is 0 Å². The number of aryl methyl sites for hydroxylation is 2. The van der Waals surface area contributed by atoms with E-state index in [0.29, 0.717) is 5.69 Å². The number of carbonyl (C=O) groups excluding carboxylic acids is 1. The van der Waals surface area contributed by atoms with Crippen molar-refractivity contribution in [2.45, 2.75) is 6.92 Å². The highest BCUT2D eigenvalue weighted by Gasteiger charge is 2.17. The van der Waals surface area contributed by atoms with Crippen LogP contribution < -0.4 is 5.32 Å². The van der Waals surface area contributed by atoms with Crippen molar-refractivity contribution in [3.8, 4) is 0 Å². The van der Waals surface area contributed by atoms with Gasteiger partial charge in [-0.3, -0.25) is 9.48 Å². The quantitative estimate of drug-likeness (QED) is 0.851. The maximum absolute atomic E-state index is 13.4. The van der Waals surface area contributed by atoms with Gasteiger partial charge in [0.05, 0.1) is 11.4 Å². The second kappa shape index (κ2) is 4.75. The topological polar surface area (TPSA) is 46.9 Å². The van der Waals surface area contributed by atoms with Crippen molar-refractivity contribution in [2.24, 2.45) is 7.05 Å². The van der Waals surface area contributed by atoms with E-state index in [9.17, 15) is 18.0 Å². The first-order valence-corrected chi connectivity index (χ1v) is 5.35. The molecule has 4 nitrogen and oxygen atoms in total. The van der Waals surface area contributed by atoms with Gasteiger partial charge in [0.1, 0.15) is 5.69 Å². The molecule has 0 spiro atoms. The average Bonchev–Trinajstić information content (AvgIpc) is 2.69. The van der Waals surface area contributed by atoms with Gasteiger partial charge in [0.25, 0.3) is 5.91 Å². The molecule has 1 N–H and O–H groups in total. The summed E-state index contributed by atoms with van der Waals surface area (Å²) in [6, 6.07) is 3.19. The minimum atomic E-state index is -1.63. The van der Waals surface area contributed by atoms with Crippen molar-refractivity contribution in [2.75, 3.05) is 5.32 Å². The molecule has 0 unspecified atom stereocenters. The molecule has 0 radical (unpaired) electrons. The Morgan fingerprint density at radius 2 is 1.95 bits per heavy atom. The maximum Gasteiger partial charge on any atom is 0.274 e. The molecule has 0 aliphatic rings. The van der Waals surface area contributed by atoms with E-state index in [2.05, 4.69) is 10.4 Å². The lowest BCUT2D eigenvalue weighted by atomic mass is 10.2. The minimum Gasteiger partial charge on any atom is -0.318 e. The lowest BCUT2D eigenvalue weighted by Crippen LogP contribution is -2.17. The predicted octanol–water partition coefficient (Wildman–Crippen LogP) is 2.40. The van der Waals surface area contributed by atoms with Crippen LogP contribution in [0, 0.1) is 24.4 Å². The summed E-state index contributed by atoms with van der Waals surface area (Å²) < 4.78 is 40.5. The highest BCUT2D eigenvalue weighted by atomic mass is 19.2. The summed E-state index contributed by atoms with van der Waals surface area (Å²) >= 11 is 0. The van der Waals surface area contributed by atoms with Crippen molar-refractivity contribution in [1.82, 2.24) is 9.78 Å². The van der Waals surface area contributed by atoms with Crippen molar-refractivity contribution in [3.63, 3.8) is 0 Å². The normalized spacial score (nSPS) is 10.6. The lowest BCUT2D eigenvalue weighted by Gasteiger charge is -2.07. The summed E-state index contributed by atoms with van der Waals surface area (Å²) in [6.45, 7) is 1.69. The van der Waals surface area contributed by atoms with Crippen LogP contribution in [0.15, 0.2) is 18.2 Å². The molecular weight excluding hydrogens is 259 g/mol. The van der Waals surface area contributed by atoms with Crippen LogP contribution in [0.4, 0.5) is 18.9 Å². The van der Waals surface area contributed by atoms with Gasteiger partial charge < -0.3 is 5.32 Å². The SMILES string of the molecule is Cc1cc(C(=O)Nc2ccc(F)c(F)c2F)n(C)n1. The van der Waals surface area contributed by atoms with Gasteiger partial charge in [-0.05, 0) is 25.1 Å². The molecule has 0 aliphatic carbocycles. The smallest absolute Gasteiger partial charge is 0.274 e. The van der Waals surface area contributed by atoms with Crippen LogP contribution in [0.25, 0.3) is 0 Å². The molecule has 1 amide bonds. The van der Waals surface area contributed by atoms with E-state index in [4.69, 9.17) is 0 Å². The highest BCUT2D eigenvalue weighted by molar-refractivity contribution is 6.03. The Hall–Kier alpha value is -2.31. The van der Waals surface area contributed by atoms with E-state index in [1.807, 2.05) is 0 Å². The van der Waals surface area contributed by atoms with Gasteiger partial charge >= 0.3 is 0 Å². The molecule has 2 aromatic rings. The Morgan fingerprint density at radius 3 is 2.53 bits per heavy atom. The van der Waals surface area contributed by atoms with E-state index in [1.165, 1.54) is 10.7 Å². The number of halogens is 3. The van der Waals surface area contributed by atoms with Gasteiger partial charge in [0.2, 0.25) is 0 Å². The molecule has 1 heterocycles. The van der Waals surface area contributed by atoms with Crippen LogP contribution in [-0.2, 0) is 7.05 Å². The molecule has 0 saturated carbocycles. The van der Waals surface area contributed by atoms with Crippen molar-refractivity contribution in [3.05, 3.63) is 47.0 Å². The summed E-state index contributed by atoms with van der Waals surface area (Å²) in [5.74, 6) is -5.04. The average molecular weight is 269 g/mol. The second-order valence-electron chi connectivity index (χ2n) is 3.97. The van der Waals surface area contributed by atoms with E-state index in [1.54, 1.807) is 14.0 Å². The van der Waals surface area contributed by atoms with Gasteiger partial charge in [0.15, 0.2) is 17.5 Å². The number of hydrogen-bond donors (Lipinski definition) is 1.